The lowest BCUT2D eigenvalue weighted by molar-refractivity contribution is 0.0932. The molecule has 0 bridgehead atoms. The van der Waals surface area contributed by atoms with Crippen molar-refractivity contribution in [2.75, 3.05) is 0 Å². The molecule has 1 aromatic carbocycles. The fourth-order valence-electron chi connectivity index (χ4n) is 1.81. The molecule has 0 N–H and O–H groups in total. The first-order chi connectivity index (χ1) is 7.58. The highest BCUT2D eigenvalue weighted by atomic mass is 79.9. The number of ketones is 1. The summed E-state index contributed by atoms with van der Waals surface area (Å²) in [6.07, 6.45) is 3.51. The minimum atomic E-state index is -0.655. The number of carbonyl (C=O) groups excluding carboxylic acids is 1. The Morgan fingerprint density at radius 2 is 2.00 bits per heavy atom. The summed E-state index contributed by atoms with van der Waals surface area (Å²) in [6, 6.07) is 1.98. The van der Waals surface area contributed by atoms with E-state index in [1.54, 1.807) is 0 Å². The van der Waals surface area contributed by atoms with E-state index < -0.39 is 11.6 Å². The van der Waals surface area contributed by atoms with Crippen molar-refractivity contribution in [3.8, 4) is 0 Å². The Morgan fingerprint density at radius 3 is 2.56 bits per heavy atom. The molecule has 1 nitrogen and oxygen atoms in total. The minimum Gasteiger partial charge on any atom is -0.294 e. The third kappa shape index (κ3) is 2.32. The number of hydrogen-bond donors (Lipinski definition) is 0. The molecule has 0 saturated heterocycles. The molecule has 86 valence electrons. The Kier molecular flexibility index (Phi) is 3.38. The van der Waals surface area contributed by atoms with Crippen LogP contribution in [0.2, 0.25) is 0 Å². The summed E-state index contributed by atoms with van der Waals surface area (Å²) in [4.78, 5) is 11.7. The number of carbonyl (C=O) groups is 1. The van der Waals surface area contributed by atoms with Crippen LogP contribution in [0.5, 0.6) is 0 Å². The maximum atomic E-state index is 13.4. The first-order valence-corrected chi connectivity index (χ1v) is 6.05. The molecular weight excluding hydrogens is 278 g/mol. The van der Waals surface area contributed by atoms with Gasteiger partial charge in [0.05, 0.1) is 10.0 Å². The zero-order valence-electron chi connectivity index (χ0n) is 8.60. The van der Waals surface area contributed by atoms with Crippen LogP contribution in [0.1, 0.15) is 36.0 Å². The molecule has 0 radical (unpaired) electrons. The second-order valence-corrected chi connectivity index (χ2v) is 5.02. The molecule has 1 saturated carbocycles. The highest BCUT2D eigenvalue weighted by molar-refractivity contribution is 9.10. The smallest absolute Gasteiger partial charge is 0.166 e. The van der Waals surface area contributed by atoms with Gasteiger partial charge < -0.3 is 0 Å². The molecule has 0 amide bonds. The molecule has 2 rings (SSSR count). The quantitative estimate of drug-likeness (QED) is 0.605. The van der Waals surface area contributed by atoms with Gasteiger partial charge in [0.1, 0.15) is 11.6 Å². The molecule has 4 heteroatoms. The number of halogens is 3. The second kappa shape index (κ2) is 4.62. The molecule has 0 atom stereocenters. The van der Waals surface area contributed by atoms with Crippen LogP contribution in [0.25, 0.3) is 0 Å². The fraction of sp³-hybridized carbons (Fsp3) is 0.417. The molecule has 1 aromatic rings. The summed E-state index contributed by atoms with van der Waals surface area (Å²) >= 11 is 2.88. The molecule has 16 heavy (non-hydrogen) atoms. The molecule has 1 aliphatic rings. The van der Waals surface area contributed by atoms with Crippen LogP contribution < -0.4 is 0 Å². The lowest BCUT2D eigenvalue weighted by Crippen LogP contribution is -2.16. The van der Waals surface area contributed by atoms with Crippen LogP contribution in [0.3, 0.4) is 0 Å². The number of Topliss-reactive ketones (excluding diaryl/α,β-unsaturated/α-hetero) is 1. The van der Waals surface area contributed by atoms with Crippen LogP contribution in [0, 0.1) is 17.6 Å². The van der Waals surface area contributed by atoms with Gasteiger partial charge in [-0.2, -0.15) is 0 Å². The average molecular weight is 289 g/mol. The predicted octanol–water partition coefficient (Wildman–Crippen LogP) is 4.10. The van der Waals surface area contributed by atoms with E-state index in [2.05, 4.69) is 15.9 Å². The Balaban J connectivity index is 2.18. The van der Waals surface area contributed by atoms with E-state index in [9.17, 15) is 13.6 Å². The van der Waals surface area contributed by atoms with E-state index in [-0.39, 0.29) is 15.8 Å². The van der Waals surface area contributed by atoms with Crippen molar-refractivity contribution in [2.24, 2.45) is 5.92 Å². The minimum absolute atomic E-state index is 0.0465. The van der Waals surface area contributed by atoms with Crippen molar-refractivity contribution in [3.63, 3.8) is 0 Å². The summed E-state index contributed by atoms with van der Waals surface area (Å²) in [5, 5.41) is 0. The topological polar surface area (TPSA) is 17.1 Å². The van der Waals surface area contributed by atoms with Crippen LogP contribution in [-0.2, 0) is 0 Å². The van der Waals surface area contributed by atoms with Crippen LogP contribution >= 0.6 is 15.9 Å². The predicted molar refractivity (Wildman–Crippen MR) is 60.3 cm³/mol. The standard InChI is InChI=1S/C12H11BrF2O/c13-9-6-10(14)8(5-11(9)15)12(16)4-7-2-1-3-7/h5-7H,1-4H2. The van der Waals surface area contributed by atoms with Gasteiger partial charge in [0.2, 0.25) is 0 Å². The van der Waals surface area contributed by atoms with Crippen molar-refractivity contribution < 1.29 is 13.6 Å². The molecule has 0 unspecified atom stereocenters. The first kappa shape index (κ1) is 11.7. The van der Waals surface area contributed by atoms with Gasteiger partial charge in [0.15, 0.2) is 5.78 Å². The molecule has 0 spiro atoms. The lowest BCUT2D eigenvalue weighted by Gasteiger charge is -2.24. The van der Waals surface area contributed by atoms with Crippen LogP contribution in [0.4, 0.5) is 8.78 Å². The van der Waals surface area contributed by atoms with Crippen molar-refractivity contribution in [1.82, 2.24) is 0 Å². The normalized spacial score (nSPS) is 15.9. The van der Waals surface area contributed by atoms with E-state index >= 15 is 0 Å². The maximum absolute atomic E-state index is 13.4. The Morgan fingerprint density at radius 1 is 1.31 bits per heavy atom. The van der Waals surface area contributed by atoms with Crippen molar-refractivity contribution in [2.45, 2.75) is 25.7 Å². The van der Waals surface area contributed by atoms with Crippen LogP contribution in [0.15, 0.2) is 16.6 Å². The summed E-state index contributed by atoms with van der Waals surface area (Å²) < 4.78 is 26.7. The van der Waals surface area contributed by atoms with Crippen molar-refractivity contribution in [1.29, 1.82) is 0 Å². The van der Waals surface area contributed by atoms with E-state index in [0.29, 0.717) is 12.3 Å². The van der Waals surface area contributed by atoms with Crippen LogP contribution in [-0.4, -0.2) is 5.78 Å². The fourth-order valence-corrected chi connectivity index (χ4v) is 2.12. The highest BCUT2D eigenvalue weighted by Crippen LogP contribution is 2.31. The molecule has 0 aromatic heterocycles. The Hall–Kier alpha value is -0.770. The third-order valence-corrected chi connectivity index (χ3v) is 3.62. The zero-order chi connectivity index (χ0) is 11.7. The number of hydrogen-bond acceptors (Lipinski definition) is 1. The number of benzene rings is 1. The summed E-state index contributed by atoms with van der Waals surface area (Å²) in [5.41, 5.74) is -0.132. The maximum Gasteiger partial charge on any atom is 0.166 e. The van der Waals surface area contributed by atoms with Gasteiger partial charge in [-0.25, -0.2) is 8.78 Å². The Bertz CT molecular complexity index is 427. The van der Waals surface area contributed by atoms with E-state index in [0.717, 1.165) is 31.4 Å². The summed E-state index contributed by atoms with van der Waals surface area (Å²) in [5.74, 6) is -1.19. The van der Waals surface area contributed by atoms with Crippen molar-refractivity contribution in [3.05, 3.63) is 33.8 Å². The third-order valence-electron chi connectivity index (χ3n) is 3.01. The van der Waals surface area contributed by atoms with Gasteiger partial charge in [-0.15, -0.1) is 0 Å². The largest absolute Gasteiger partial charge is 0.294 e. The highest BCUT2D eigenvalue weighted by Gasteiger charge is 2.23. The second-order valence-electron chi connectivity index (χ2n) is 4.17. The van der Waals surface area contributed by atoms with Gasteiger partial charge in [-0.1, -0.05) is 19.3 Å². The molecule has 0 aliphatic heterocycles. The zero-order valence-corrected chi connectivity index (χ0v) is 10.2. The molecular formula is C12H11BrF2O. The van der Waals surface area contributed by atoms with Gasteiger partial charge >= 0.3 is 0 Å². The first-order valence-electron chi connectivity index (χ1n) is 5.25. The molecule has 0 heterocycles. The molecule has 1 aliphatic carbocycles. The number of rotatable bonds is 3. The summed E-state index contributed by atoms with van der Waals surface area (Å²) in [7, 11) is 0. The Labute approximate surface area is 101 Å². The van der Waals surface area contributed by atoms with E-state index in [4.69, 9.17) is 0 Å². The average Bonchev–Trinajstić information content (AvgIpc) is 2.17. The summed E-state index contributed by atoms with van der Waals surface area (Å²) in [6.45, 7) is 0. The SMILES string of the molecule is O=C(CC1CCC1)c1cc(F)c(Br)cc1F. The monoisotopic (exact) mass is 288 g/mol. The van der Waals surface area contributed by atoms with Gasteiger partial charge in [0, 0.05) is 6.42 Å². The van der Waals surface area contributed by atoms with E-state index in [1.807, 2.05) is 0 Å². The molecule has 1 fully saturated rings. The van der Waals surface area contributed by atoms with E-state index in [1.165, 1.54) is 0 Å². The van der Waals surface area contributed by atoms with Gasteiger partial charge in [0.25, 0.3) is 0 Å². The van der Waals surface area contributed by atoms with Gasteiger partial charge in [-0.3, -0.25) is 4.79 Å². The lowest BCUT2D eigenvalue weighted by atomic mass is 9.81. The van der Waals surface area contributed by atoms with Crippen molar-refractivity contribution >= 4 is 21.7 Å². The van der Waals surface area contributed by atoms with Gasteiger partial charge in [-0.05, 0) is 34.0 Å².